The average molecular weight is 241 g/mol. The Morgan fingerprint density at radius 2 is 2.20 bits per heavy atom. The van der Waals surface area contributed by atoms with Crippen molar-refractivity contribution >= 4 is 34.2 Å². The SMILES string of the molecule is CCN1C(=O)/C(=C/C=C/C(C)C)SC1=S. The molecule has 0 saturated carbocycles. The van der Waals surface area contributed by atoms with Crippen molar-refractivity contribution in [3.63, 3.8) is 0 Å². The fourth-order valence-electron chi connectivity index (χ4n) is 1.15. The summed E-state index contributed by atoms with van der Waals surface area (Å²) < 4.78 is 0.659. The fourth-order valence-corrected chi connectivity index (χ4v) is 2.49. The van der Waals surface area contributed by atoms with Gasteiger partial charge in [-0.15, -0.1) is 0 Å². The van der Waals surface area contributed by atoms with Gasteiger partial charge in [0.25, 0.3) is 5.91 Å². The molecule has 1 heterocycles. The van der Waals surface area contributed by atoms with Gasteiger partial charge in [-0.2, -0.15) is 0 Å². The largest absolute Gasteiger partial charge is 0.293 e. The third kappa shape index (κ3) is 3.18. The number of hydrogen-bond donors (Lipinski definition) is 0. The first-order valence-electron chi connectivity index (χ1n) is 4.98. The number of amides is 1. The number of allylic oxidation sites excluding steroid dienone is 3. The van der Waals surface area contributed by atoms with E-state index in [4.69, 9.17) is 12.2 Å². The van der Waals surface area contributed by atoms with Crippen LogP contribution in [0.5, 0.6) is 0 Å². The molecule has 1 fully saturated rings. The van der Waals surface area contributed by atoms with E-state index < -0.39 is 0 Å². The smallest absolute Gasteiger partial charge is 0.266 e. The maximum Gasteiger partial charge on any atom is 0.266 e. The summed E-state index contributed by atoms with van der Waals surface area (Å²) in [6.07, 6.45) is 5.82. The lowest BCUT2D eigenvalue weighted by atomic mass is 10.2. The molecule has 1 amide bonds. The lowest BCUT2D eigenvalue weighted by Gasteiger charge is -2.09. The van der Waals surface area contributed by atoms with E-state index >= 15 is 0 Å². The summed E-state index contributed by atoms with van der Waals surface area (Å²) in [7, 11) is 0. The zero-order valence-corrected chi connectivity index (χ0v) is 10.8. The predicted octanol–water partition coefficient (Wildman–Crippen LogP) is 2.96. The summed E-state index contributed by atoms with van der Waals surface area (Å²) in [6.45, 7) is 6.77. The first-order valence-corrected chi connectivity index (χ1v) is 6.21. The molecule has 2 nitrogen and oxygen atoms in total. The Morgan fingerprint density at radius 3 is 2.67 bits per heavy atom. The standard InChI is InChI=1S/C11H15NOS2/c1-4-12-10(13)9(15-11(12)14)7-5-6-8(2)3/h5-8H,4H2,1-3H3/b6-5+,9-7-. The van der Waals surface area contributed by atoms with Crippen molar-refractivity contribution in [2.45, 2.75) is 20.8 Å². The van der Waals surface area contributed by atoms with Gasteiger partial charge < -0.3 is 0 Å². The Labute approximate surface area is 100 Å². The van der Waals surface area contributed by atoms with E-state index in [1.807, 2.05) is 19.1 Å². The van der Waals surface area contributed by atoms with E-state index in [-0.39, 0.29) is 5.91 Å². The van der Waals surface area contributed by atoms with E-state index in [1.54, 1.807) is 4.90 Å². The van der Waals surface area contributed by atoms with Gasteiger partial charge in [0, 0.05) is 6.54 Å². The van der Waals surface area contributed by atoms with Crippen LogP contribution < -0.4 is 0 Å². The lowest BCUT2D eigenvalue weighted by Crippen LogP contribution is -2.27. The molecule has 1 aliphatic rings. The molecule has 0 unspecified atom stereocenters. The van der Waals surface area contributed by atoms with Gasteiger partial charge in [0.1, 0.15) is 4.32 Å². The van der Waals surface area contributed by atoms with E-state index in [9.17, 15) is 4.79 Å². The Bertz CT molecular complexity index is 331. The number of likely N-dealkylation sites (N-methyl/N-ethyl adjacent to an activating group) is 1. The van der Waals surface area contributed by atoms with Crippen molar-refractivity contribution in [3.05, 3.63) is 23.1 Å². The van der Waals surface area contributed by atoms with E-state index in [2.05, 4.69) is 19.9 Å². The molecule has 0 radical (unpaired) electrons. The maximum atomic E-state index is 11.7. The van der Waals surface area contributed by atoms with Crippen molar-refractivity contribution in [2.24, 2.45) is 5.92 Å². The Balaban J connectivity index is 2.74. The second kappa shape index (κ2) is 5.47. The zero-order chi connectivity index (χ0) is 11.4. The highest BCUT2D eigenvalue weighted by molar-refractivity contribution is 8.26. The van der Waals surface area contributed by atoms with Crippen molar-refractivity contribution < 1.29 is 4.79 Å². The normalized spacial score (nSPS) is 20.3. The highest BCUT2D eigenvalue weighted by Gasteiger charge is 2.29. The van der Waals surface area contributed by atoms with Gasteiger partial charge in [0.15, 0.2) is 0 Å². The molecule has 0 spiro atoms. The Hall–Kier alpha value is -0.610. The second-order valence-electron chi connectivity index (χ2n) is 3.58. The first-order chi connectivity index (χ1) is 7.06. The van der Waals surface area contributed by atoms with Gasteiger partial charge in [0.05, 0.1) is 4.91 Å². The van der Waals surface area contributed by atoms with Crippen LogP contribution in [0.25, 0.3) is 0 Å². The molecule has 15 heavy (non-hydrogen) atoms. The lowest BCUT2D eigenvalue weighted by molar-refractivity contribution is -0.122. The third-order valence-corrected chi connectivity index (χ3v) is 3.33. The van der Waals surface area contributed by atoms with E-state index in [0.717, 1.165) is 4.91 Å². The summed E-state index contributed by atoms with van der Waals surface area (Å²) in [4.78, 5) is 14.1. The number of nitrogens with zero attached hydrogens (tertiary/aromatic N) is 1. The maximum absolute atomic E-state index is 11.7. The summed E-state index contributed by atoms with van der Waals surface area (Å²) in [6, 6.07) is 0. The van der Waals surface area contributed by atoms with Crippen molar-refractivity contribution in [1.82, 2.24) is 4.90 Å². The number of thioether (sulfide) groups is 1. The van der Waals surface area contributed by atoms with E-state index in [0.29, 0.717) is 16.8 Å². The molecule has 0 aliphatic carbocycles. The number of rotatable bonds is 3. The molecule has 0 aromatic carbocycles. The summed E-state index contributed by atoms with van der Waals surface area (Å²) in [5, 5.41) is 0. The molecule has 0 aromatic heterocycles. The quantitative estimate of drug-likeness (QED) is 0.559. The van der Waals surface area contributed by atoms with Crippen LogP contribution in [0.15, 0.2) is 23.1 Å². The Morgan fingerprint density at radius 1 is 1.53 bits per heavy atom. The number of carbonyl (C=O) groups excluding carboxylic acids is 1. The summed E-state index contributed by atoms with van der Waals surface area (Å²) >= 11 is 6.47. The van der Waals surface area contributed by atoms with Crippen molar-refractivity contribution in [1.29, 1.82) is 0 Å². The molecule has 0 aromatic rings. The summed E-state index contributed by atoms with van der Waals surface area (Å²) in [5.41, 5.74) is 0. The molecule has 1 aliphatic heterocycles. The van der Waals surface area contributed by atoms with Crippen LogP contribution in [0, 0.1) is 5.92 Å². The van der Waals surface area contributed by atoms with Crippen LogP contribution in [0.3, 0.4) is 0 Å². The van der Waals surface area contributed by atoms with Crippen molar-refractivity contribution in [3.8, 4) is 0 Å². The number of hydrogen-bond acceptors (Lipinski definition) is 3. The minimum absolute atomic E-state index is 0.0286. The highest BCUT2D eigenvalue weighted by atomic mass is 32.2. The van der Waals surface area contributed by atoms with Gasteiger partial charge in [-0.25, -0.2) is 0 Å². The van der Waals surface area contributed by atoms with Crippen LogP contribution in [0.1, 0.15) is 20.8 Å². The molecule has 1 saturated heterocycles. The highest BCUT2D eigenvalue weighted by Crippen LogP contribution is 2.30. The predicted molar refractivity (Wildman–Crippen MR) is 69.6 cm³/mol. The minimum atomic E-state index is 0.0286. The Kier molecular flexibility index (Phi) is 4.54. The van der Waals surface area contributed by atoms with Gasteiger partial charge in [-0.3, -0.25) is 9.69 Å². The molecule has 0 atom stereocenters. The average Bonchev–Trinajstić information content (AvgIpc) is 2.41. The van der Waals surface area contributed by atoms with Crippen LogP contribution in [-0.4, -0.2) is 21.7 Å². The molecule has 82 valence electrons. The van der Waals surface area contributed by atoms with Crippen LogP contribution in [-0.2, 0) is 4.79 Å². The van der Waals surface area contributed by atoms with Gasteiger partial charge in [-0.05, 0) is 18.9 Å². The fraction of sp³-hybridized carbons (Fsp3) is 0.455. The van der Waals surface area contributed by atoms with E-state index in [1.165, 1.54) is 11.8 Å². The molecule has 4 heteroatoms. The van der Waals surface area contributed by atoms with Crippen molar-refractivity contribution in [2.75, 3.05) is 6.54 Å². The molecule has 0 N–H and O–H groups in total. The van der Waals surface area contributed by atoms with Gasteiger partial charge >= 0.3 is 0 Å². The van der Waals surface area contributed by atoms with Crippen LogP contribution >= 0.6 is 24.0 Å². The van der Waals surface area contributed by atoms with Gasteiger partial charge in [0.2, 0.25) is 0 Å². The molecule has 1 rings (SSSR count). The molecule has 0 bridgehead atoms. The monoisotopic (exact) mass is 241 g/mol. The van der Waals surface area contributed by atoms with Crippen LogP contribution in [0.4, 0.5) is 0 Å². The minimum Gasteiger partial charge on any atom is -0.293 e. The second-order valence-corrected chi connectivity index (χ2v) is 5.25. The number of thiocarbonyl (C=S) groups is 1. The zero-order valence-electron chi connectivity index (χ0n) is 9.19. The molecular formula is C11H15NOS2. The summed E-state index contributed by atoms with van der Waals surface area (Å²) in [5.74, 6) is 0.526. The topological polar surface area (TPSA) is 20.3 Å². The number of carbonyl (C=O) groups is 1. The van der Waals surface area contributed by atoms with Crippen LogP contribution in [0.2, 0.25) is 0 Å². The third-order valence-electron chi connectivity index (χ3n) is 1.93. The van der Waals surface area contributed by atoms with Gasteiger partial charge in [-0.1, -0.05) is 50.0 Å². The first kappa shape index (κ1) is 12.5. The molecular weight excluding hydrogens is 226 g/mol.